The van der Waals surface area contributed by atoms with Crippen molar-refractivity contribution >= 4 is 11.9 Å². The summed E-state index contributed by atoms with van der Waals surface area (Å²) in [6.45, 7) is 3.54. The monoisotopic (exact) mass is 297 g/mol. The van der Waals surface area contributed by atoms with E-state index in [1.54, 1.807) is 25.1 Å². The van der Waals surface area contributed by atoms with E-state index in [0.717, 1.165) is 10.5 Å². The number of carbonyl (C=O) groups excluding carboxylic acids is 2. The summed E-state index contributed by atoms with van der Waals surface area (Å²) < 4.78 is 4.91. The molecule has 1 aliphatic heterocycles. The van der Waals surface area contributed by atoms with Crippen molar-refractivity contribution in [2.24, 2.45) is 5.92 Å². The number of benzene rings is 1. The van der Waals surface area contributed by atoms with E-state index in [4.69, 9.17) is 4.74 Å². The largest absolute Gasteiger partial charge is 0.465 e. The van der Waals surface area contributed by atoms with Gasteiger partial charge in [-0.3, -0.25) is 9.59 Å². The molecule has 0 saturated carbocycles. The minimum atomic E-state index is -1.67. The van der Waals surface area contributed by atoms with Crippen LogP contribution in [0.25, 0.3) is 0 Å². The summed E-state index contributed by atoms with van der Waals surface area (Å²) in [6, 6.07) is 8.87. The second kappa shape index (κ2) is 5.50. The zero-order valence-corrected chi connectivity index (χ0v) is 12.6. The summed E-state index contributed by atoms with van der Waals surface area (Å²) in [5, 5.41) is 19.2. The van der Waals surface area contributed by atoms with E-state index in [9.17, 15) is 20.1 Å². The molecule has 0 aromatic heterocycles. The lowest BCUT2D eigenvalue weighted by molar-refractivity contribution is -0.149. The van der Waals surface area contributed by atoms with Crippen molar-refractivity contribution in [1.82, 2.24) is 4.90 Å². The molecule has 1 aliphatic rings. The van der Waals surface area contributed by atoms with Crippen LogP contribution in [0.5, 0.6) is 0 Å². The van der Waals surface area contributed by atoms with Gasteiger partial charge in [0.25, 0.3) is 5.91 Å². The molecule has 0 N–H and O–H groups in total. The first kappa shape index (κ1) is 15.5. The first-order chi connectivity index (χ1) is 10.4. The molecule has 6 heteroatoms. The number of rotatable bonds is 3. The molecule has 2 atom stereocenters. The lowest BCUT2D eigenvalue weighted by atomic mass is 9.79. The molecule has 22 heavy (non-hydrogen) atoms. The summed E-state index contributed by atoms with van der Waals surface area (Å²) in [4.78, 5) is 25.7. The lowest BCUT2D eigenvalue weighted by Gasteiger charge is -2.32. The number of ether oxygens (including phenoxy) is 1. The number of hydrogen-bond donors (Lipinski definition) is 0. The molecule has 2 unspecified atom stereocenters. The van der Waals surface area contributed by atoms with Crippen molar-refractivity contribution in [2.45, 2.75) is 19.4 Å². The summed E-state index contributed by atoms with van der Waals surface area (Å²) >= 11 is 0. The highest BCUT2D eigenvalue weighted by Crippen LogP contribution is 2.43. The molecule has 6 nitrogen and oxygen atoms in total. The Kier molecular flexibility index (Phi) is 3.88. The molecular formula is C16H15N3O3. The Morgan fingerprint density at radius 2 is 2.14 bits per heavy atom. The minimum Gasteiger partial charge on any atom is -0.465 e. The average Bonchev–Trinajstić information content (AvgIpc) is 2.70. The van der Waals surface area contributed by atoms with Crippen LogP contribution in [-0.2, 0) is 15.1 Å². The van der Waals surface area contributed by atoms with Gasteiger partial charge in [0.05, 0.1) is 18.7 Å². The van der Waals surface area contributed by atoms with Gasteiger partial charge in [-0.05, 0) is 19.9 Å². The summed E-state index contributed by atoms with van der Waals surface area (Å²) in [5.41, 5.74) is -0.0959. The van der Waals surface area contributed by atoms with Gasteiger partial charge in [0.2, 0.25) is 0 Å². The van der Waals surface area contributed by atoms with E-state index in [0.29, 0.717) is 11.1 Å². The van der Waals surface area contributed by atoms with Crippen LogP contribution < -0.4 is 0 Å². The van der Waals surface area contributed by atoms with Gasteiger partial charge >= 0.3 is 5.97 Å². The predicted molar refractivity (Wildman–Crippen MR) is 76.3 cm³/mol. The van der Waals surface area contributed by atoms with Gasteiger partial charge in [-0.1, -0.05) is 17.7 Å². The van der Waals surface area contributed by atoms with Gasteiger partial charge in [-0.25, -0.2) is 0 Å². The van der Waals surface area contributed by atoms with Gasteiger partial charge in [-0.15, -0.1) is 0 Å². The molecule has 0 aliphatic carbocycles. The topological polar surface area (TPSA) is 94.2 Å². The molecule has 1 aromatic carbocycles. The second-order valence-electron chi connectivity index (χ2n) is 5.11. The number of fused-ring (bicyclic) bond motifs is 1. The Bertz CT molecular complexity index is 729. The summed E-state index contributed by atoms with van der Waals surface area (Å²) in [6.07, 6.45) is 0. The van der Waals surface area contributed by atoms with Crippen LogP contribution in [-0.4, -0.2) is 30.4 Å². The number of aryl methyl sites for hydroxylation is 1. The lowest BCUT2D eigenvalue weighted by Crippen LogP contribution is -2.48. The molecule has 0 fully saturated rings. The maximum atomic E-state index is 12.4. The first-order valence-electron chi connectivity index (χ1n) is 6.80. The SMILES string of the molecule is CCOC(=O)C(C#N)C1(C#N)c2ccc(C)cc2C(=O)N1C. The van der Waals surface area contributed by atoms with E-state index in [1.165, 1.54) is 7.05 Å². The van der Waals surface area contributed by atoms with Crippen LogP contribution in [0.15, 0.2) is 18.2 Å². The Hall–Kier alpha value is -2.86. The van der Waals surface area contributed by atoms with Crippen molar-refractivity contribution in [2.75, 3.05) is 13.7 Å². The molecule has 0 spiro atoms. The van der Waals surface area contributed by atoms with Crippen LogP contribution >= 0.6 is 0 Å². The zero-order chi connectivity index (χ0) is 16.5. The van der Waals surface area contributed by atoms with Crippen LogP contribution in [0.4, 0.5) is 0 Å². The number of amides is 1. The second-order valence-corrected chi connectivity index (χ2v) is 5.11. The number of nitrogens with zero attached hydrogens (tertiary/aromatic N) is 3. The maximum absolute atomic E-state index is 12.4. The normalized spacial score (nSPS) is 20.8. The molecule has 1 amide bonds. The third-order valence-electron chi connectivity index (χ3n) is 3.89. The minimum absolute atomic E-state index is 0.0942. The Morgan fingerprint density at radius 1 is 1.45 bits per heavy atom. The Labute approximate surface area is 128 Å². The van der Waals surface area contributed by atoms with Crippen LogP contribution in [0.3, 0.4) is 0 Å². The zero-order valence-electron chi connectivity index (χ0n) is 12.6. The first-order valence-corrected chi connectivity index (χ1v) is 6.80. The van der Waals surface area contributed by atoms with Gasteiger partial charge in [-0.2, -0.15) is 10.5 Å². The number of hydrogen-bond acceptors (Lipinski definition) is 5. The number of esters is 1. The number of nitriles is 2. The van der Waals surface area contributed by atoms with E-state index in [1.807, 2.05) is 19.1 Å². The van der Waals surface area contributed by atoms with E-state index >= 15 is 0 Å². The quantitative estimate of drug-likeness (QED) is 0.788. The third-order valence-corrected chi connectivity index (χ3v) is 3.89. The van der Waals surface area contributed by atoms with Crippen LogP contribution in [0, 0.1) is 35.5 Å². The third kappa shape index (κ3) is 1.93. The maximum Gasteiger partial charge on any atom is 0.327 e. The van der Waals surface area contributed by atoms with Gasteiger partial charge in [0.1, 0.15) is 0 Å². The highest BCUT2D eigenvalue weighted by molar-refractivity contribution is 6.02. The fourth-order valence-corrected chi connectivity index (χ4v) is 2.78. The van der Waals surface area contributed by atoms with Crippen LogP contribution in [0.1, 0.15) is 28.4 Å². The fraction of sp³-hybridized carbons (Fsp3) is 0.375. The fourth-order valence-electron chi connectivity index (χ4n) is 2.78. The molecule has 0 bridgehead atoms. The summed E-state index contributed by atoms with van der Waals surface area (Å²) in [7, 11) is 1.42. The van der Waals surface area contributed by atoms with Crippen molar-refractivity contribution < 1.29 is 14.3 Å². The van der Waals surface area contributed by atoms with Gasteiger partial charge in [0, 0.05) is 18.2 Å². The molecular weight excluding hydrogens is 282 g/mol. The smallest absolute Gasteiger partial charge is 0.327 e. The standard InChI is InChI=1S/C16H15N3O3/c1-4-22-15(21)13(8-17)16(9-18)12-6-5-10(2)7-11(12)14(20)19(16)3/h5-7,13H,4H2,1-3H3. The highest BCUT2D eigenvalue weighted by Gasteiger charge is 2.57. The van der Waals surface area contributed by atoms with E-state index in [-0.39, 0.29) is 12.5 Å². The molecule has 0 radical (unpaired) electrons. The van der Waals surface area contributed by atoms with Crippen molar-refractivity contribution in [3.05, 3.63) is 34.9 Å². The molecule has 1 heterocycles. The van der Waals surface area contributed by atoms with Crippen molar-refractivity contribution in [1.29, 1.82) is 10.5 Å². The van der Waals surface area contributed by atoms with Crippen molar-refractivity contribution in [3.63, 3.8) is 0 Å². The number of carbonyl (C=O) groups is 2. The average molecular weight is 297 g/mol. The van der Waals surface area contributed by atoms with Crippen molar-refractivity contribution in [3.8, 4) is 12.1 Å². The van der Waals surface area contributed by atoms with Gasteiger partial charge < -0.3 is 9.64 Å². The highest BCUT2D eigenvalue weighted by atomic mass is 16.5. The van der Waals surface area contributed by atoms with E-state index < -0.39 is 17.4 Å². The Balaban J connectivity index is 2.70. The molecule has 1 aromatic rings. The van der Waals surface area contributed by atoms with E-state index in [2.05, 4.69) is 0 Å². The Morgan fingerprint density at radius 3 is 2.68 bits per heavy atom. The summed E-state index contributed by atoms with van der Waals surface area (Å²) in [5.74, 6) is -2.60. The van der Waals surface area contributed by atoms with Crippen LogP contribution in [0.2, 0.25) is 0 Å². The molecule has 0 saturated heterocycles. The molecule has 112 valence electrons. The van der Waals surface area contributed by atoms with Gasteiger partial charge in [0.15, 0.2) is 11.5 Å². The molecule has 2 rings (SSSR count). The predicted octanol–water partition coefficient (Wildman–Crippen LogP) is 1.50.